The molecule has 0 spiro atoms. The van der Waals surface area contributed by atoms with Crippen molar-refractivity contribution in [1.29, 1.82) is 0 Å². The molecule has 2 aromatic carbocycles. The Morgan fingerprint density at radius 1 is 0.971 bits per heavy atom. The summed E-state index contributed by atoms with van der Waals surface area (Å²) in [5.41, 5.74) is 0.0417. The fourth-order valence-corrected chi connectivity index (χ4v) is 4.62. The summed E-state index contributed by atoms with van der Waals surface area (Å²) in [6.45, 7) is 3.51. The van der Waals surface area contributed by atoms with Crippen LogP contribution in [0.5, 0.6) is 11.5 Å². The van der Waals surface area contributed by atoms with Crippen molar-refractivity contribution in [3.05, 3.63) is 59.9 Å². The third kappa shape index (κ3) is 5.86. The van der Waals surface area contributed by atoms with Crippen LogP contribution in [0, 0.1) is 11.2 Å². The maximum absolute atomic E-state index is 13.3. The van der Waals surface area contributed by atoms with Crippen molar-refractivity contribution >= 4 is 11.8 Å². The van der Waals surface area contributed by atoms with E-state index in [0.717, 1.165) is 12.8 Å². The van der Waals surface area contributed by atoms with Gasteiger partial charge in [0.15, 0.2) is 0 Å². The number of rotatable bonds is 7. The van der Waals surface area contributed by atoms with Crippen molar-refractivity contribution in [1.82, 2.24) is 9.80 Å². The third-order valence-electron chi connectivity index (χ3n) is 6.53. The van der Waals surface area contributed by atoms with Gasteiger partial charge in [-0.15, -0.1) is 0 Å². The minimum absolute atomic E-state index is 0.0461. The van der Waals surface area contributed by atoms with E-state index in [9.17, 15) is 14.0 Å². The number of morpholine rings is 1. The van der Waals surface area contributed by atoms with Crippen LogP contribution in [-0.4, -0.2) is 74.7 Å². The fourth-order valence-electron chi connectivity index (χ4n) is 4.62. The number of carbonyl (C=O) groups excluding carboxylic acids is 2. The van der Waals surface area contributed by atoms with Crippen molar-refractivity contribution in [3.63, 3.8) is 0 Å². The minimum atomic E-state index is -0.538. The molecule has 0 aromatic heterocycles. The van der Waals surface area contributed by atoms with Gasteiger partial charge in [-0.05, 0) is 61.4 Å². The van der Waals surface area contributed by atoms with E-state index < -0.39 is 5.41 Å². The second kappa shape index (κ2) is 10.9. The van der Waals surface area contributed by atoms with Crippen LogP contribution in [-0.2, 0) is 9.53 Å². The first-order valence-corrected chi connectivity index (χ1v) is 11.7. The number of ether oxygens (including phenoxy) is 3. The van der Waals surface area contributed by atoms with Gasteiger partial charge in [0.1, 0.15) is 17.3 Å². The summed E-state index contributed by atoms with van der Waals surface area (Å²) in [5.74, 6) is 0.863. The highest BCUT2D eigenvalue weighted by Crippen LogP contribution is 2.36. The lowest BCUT2D eigenvalue weighted by Gasteiger charge is -2.43. The van der Waals surface area contributed by atoms with Crippen molar-refractivity contribution < 1.29 is 28.2 Å². The van der Waals surface area contributed by atoms with E-state index >= 15 is 0 Å². The molecule has 2 amide bonds. The summed E-state index contributed by atoms with van der Waals surface area (Å²) >= 11 is 0. The quantitative estimate of drug-likeness (QED) is 0.621. The number of piperidine rings is 1. The van der Waals surface area contributed by atoms with Crippen LogP contribution in [0.1, 0.15) is 29.6 Å². The highest BCUT2D eigenvalue weighted by atomic mass is 19.1. The zero-order valence-electron chi connectivity index (χ0n) is 19.5. The Hall–Kier alpha value is -3.13. The van der Waals surface area contributed by atoms with Gasteiger partial charge in [0.2, 0.25) is 5.91 Å². The Labute approximate surface area is 199 Å². The van der Waals surface area contributed by atoms with Gasteiger partial charge in [0.25, 0.3) is 5.91 Å². The average molecular weight is 471 g/mol. The van der Waals surface area contributed by atoms with Crippen LogP contribution in [0.3, 0.4) is 0 Å². The predicted octanol–water partition coefficient (Wildman–Crippen LogP) is 3.38. The van der Waals surface area contributed by atoms with E-state index in [0.29, 0.717) is 56.5 Å². The molecule has 0 N–H and O–H groups in total. The van der Waals surface area contributed by atoms with E-state index in [4.69, 9.17) is 14.2 Å². The van der Waals surface area contributed by atoms with Crippen LogP contribution in [0.25, 0.3) is 0 Å². The number of hydrogen-bond acceptors (Lipinski definition) is 5. The molecular weight excluding hydrogens is 439 g/mol. The SMILES string of the molecule is COc1ccc(C(=O)N2CCC[C@@](COc3ccc(F)cc3)(CC(=O)N3CCOCC3)C2)cc1. The van der Waals surface area contributed by atoms with E-state index in [2.05, 4.69) is 0 Å². The second-order valence-corrected chi connectivity index (χ2v) is 8.97. The molecule has 0 radical (unpaired) electrons. The number of halogens is 1. The molecule has 2 aliphatic heterocycles. The van der Waals surface area contributed by atoms with Crippen LogP contribution >= 0.6 is 0 Å². The monoisotopic (exact) mass is 470 g/mol. The Morgan fingerprint density at radius 3 is 2.32 bits per heavy atom. The van der Waals surface area contributed by atoms with E-state index in [1.807, 2.05) is 9.80 Å². The summed E-state index contributed by atoms with van der Waals surface area (Å²) in [5, 5.41) is 0. The van der Waals surface area contributed by atoms with Crippen LogP contribution < -0.4 is 9.47 Å². The Balaban J connectivity index is 1.51. The van der Waals surface area contributed by atoms with Gasteiger partial charge >= 0.3 is 0 Å². The van der Waals surface area contributed by atoms with Gasteiger partial charge in [-0.2, -0.15) is 0 Å². The average Bonchev–Trinajstić information content (AvgIpc) is 2.88. The molecular formula is C26H31FN2O5. The Morgan fingerprint density at radius 2 is 1.65 bits per heavy atom. The molecule has 2 fully saturated rings. The summed E-state index contributed by atoms with van der Waals surface area (Å²) in [6.07, 6.45) is 1.81. The standard InChI is InChI=1S/C26H31FN2O5/c1-32-22-7-3-20(4-8-22)25(31)29-12-2-11-26(18-29,17-24(30)28-13-15-33-16-14-28)19-34-23-9-5-21(27)6-10-23/h3-10H,2,11-19H2,1H3/t26-/m1/s1. The van der Waals surface area contributed by atoms with Crippen LogP contribution in [0.2, 0.25) is 0 Å². The van der Waals surface area contributed by atoms with Gasteiger partial charge in [0, 0.05) is 43.6 Å². The molecule has 0 bridgehead atoms. The van der Waals surface area contributed by atoms with Crippen molar-refractivity contribution in [2.45, 2.75) is 19.3 Å². The van der Waals surface area contributed by atoms with Gasteiger partial charge in [0.05, 0.1) is 26.9 Å². The summed E-state index contributed by atoms with van der Waals surface area (Å²) in [7, 11) is 1.59. The first kappa shape index (κ1) is 24.0. The first-order chi connectivity index (χ1) is 16.5. The van der Waals surface area contributed by atoms with E-state index in [1.54, 1.807) is 43.5 Å². The zero-order valence-corrected chi connectivity index (χ0v) is 19.5. The zero-order chi connectivity index (χ0) is 24.0. The lowest BCUT2D eigenvalue weighted by atomic mass is 9.77. The second-order valence-electron chi connectivity index (χ2n) is 8.97. The Kier molecular flexibility index (Phi) is 7.67. The molecule has 2 aliphatic rings. The molecule has 7 nitrogen and oxygen atoms in total. The molecule has 1 atom stereocenters. The smallest absolute Gasteiger partial charge is 0.253 e. The maximum Gasteiger partial charge on any atom is 0.253 e. The van der Waals surface area contributed by atoms with E-state index in [1.165, 1.54) is 12.1 Å². The lowest BCUT2D eigenvalue weighted by molar-refractivity contribution is -0.139. The van der Waals surface area contributed by atoms with Crippen LogP contribution in [0.4, 0.5) is 4.39 Å². The highest BCUT2D eigenvalue weighted by molar-refractivity contribution is 5.94. The van der Waals surface area contributed by atoms with Gasteiger partial charge in [-0.3, -0.25) is 9.59 Å². The van der Waals surface area contributed by atoms with Gasteiger partial charge < -0.3 is 24.0 Å². The molecule has 2 heterocycles. The molecule has 2 saturated heterocycles. The third-order valence-corrected chi connectivity index (χ3v) is 6.53. The van der Waals surface area contributed by atoms with Crippen molar-refractivity contribution in [2.24, 2.45) is 5.41 Å². The minimum Gasteiger partial charge on any atom is -0.497 e. The molecule has 0 aliphatic carbocycles. The number of nitrogens with zero attached hydrogens (tertiary/aromatic N) is 2. The number of hydrogen-bond donors (Lipinski definition) is 0. The largest absolute Gasteiger partial charge is 0.497 e. The molecule has 34 heavy (non-hydrogen) atoms. The molecule has 182 valence electrons. The van der Waals surface area contributed by atoms with Gasteiger partial charge in [-0.25, -0.2) is 4.39 Å². The summed E-state index contributed by atoms with van der Waals surface area (Å²) in [4.78, 5) is 30.1. The molecule has 0 saturated carbocycles. The number of likely N-dealkylation sites (tertiary alicyclic amines) is 1. The van der Waals surface area contributed by atoms with Crippen molar-refractivity contribution in [3.8, 4) is 11.5 Å². The van der Waals surface area contributed by atoms with Crippen LogP contribution in [0.15, 0.2) is 48.5 Å². The topological polar surface area (TPSA) is 68.3 Å². The predicted molar refractivity (Wildman–Crippen MR) is 124 cm³/mol. The molecule has 0 unspecified atom stereocenters. The van der Waals surface area contributed by atoms with Gasteiger partial charge in [-0.1, -0.05) is 0 Å². The fraction of sp³-hybridized carbons (Fsp3) is 0.462. The molecule has 8 heteroatoms. The summed E-state index contributed by atoms with van der Waals surface area (Å²) < 4.78 is 29.9. The number of amides is 2. The number of benzene rings is 2. The first-order valence-electron chi connectivity index (χ1n) is 11.7. The Bertz CT molecular complexity index is 976. The van der Waals surface area contributed by atoms with E-state index in [-0.39, 0.29) is 30.7 Å². The normalized spacial score (nSPS) is 20.6. The highest BCUT2D eigenvalue weighted by Gasteiger charge is 2.41. The number of carbonyl (C=O) groups is 2. The van der Waals surface area contributed by atoms with Crippen molar-refractivity contribution in [2.75, 3.05) is 53.1 Å². The molecule has 2 aromatic rings. The number of methoxy groups -OCH3 is 1. The summed E-state index contributed by atoms with van der Waals surface area (Å²) in [6, 6.07) is 12.9. The molecule has 4 rings (SSSR count). The maximum atomic E-state index is 13.3. The lowest BCUT2D eigenvalue weighted by Crippen LogP contribution is -2.52.